The van der Waals surface area contributed by atoms with Gasteiger partial charge < -0.3 is 5.32 Å². The maximum absolute atomic E-state index is 4.77. The van der Waals surface area contributed by atoms with Crippen molar-refractivity contribution in [2.24, 2.45) is 0 Å². The summed E-state index contributed by atoms with van der Waals surface area (Å²) in [4.78, 5) is 0. The first kappa shape index (κ1) is 14.6. The van der Waals surface area contributed by atoms with Crippen molar-refractivity contribution in [2.75, 3.05) is 6.54 Å². The summed E-state index contributed by atoms with van der Waals surface area (Å²) < 4.78 is 2.21. The third-order valence-corrected chi connectivity index (χ3v) is 4.24. The van der Waals surface area contributed by atoms with Gasteiger partial charge >= 0.3 is 0 Å². The minimum atomic E-state index is 0.659. The van der Waals surface area contributed by atoms with Crippen LogP contribution in [0.5, 0.6) is 0 Å². The van der Waals surface area contributed by atoms with E-state index in [4.69, 9.17) is 5.10 Å². The van der Waals surface area contributed by atoms with Gasteiger partial charge in [0.2, 0.25) is 0 Å². The number of aryl methyl sites for hydroxylation is 1. The lowest BCUT2D eigenvalue weighted by Crippen LogP contribution is -2.29. The van der Waals surface area contributed by atoms with Crippen molar-refractivity contribution < 1.29 is 0 Å². The van der Waals surface area contributed by atoms with Gasteiger partial charge in [0, 0.05) is 12.2 Å². The minimum absolute atomic E-state index is 0.659. The van der Waals surface area contributed by atoms with Crippen LogP contribution < -0.4 is 5.32 Å². The van der Waals surface area contributed by atoms with Gasteiger partial charge in [-0.15, -0.1) is 0 Å². The molecule has 0 amide bonds. The maximum atomic E-state index is 4.77. The van der Waals surface area contributed by atoms with Gasteiger partial charge in [0.25, 0.3) is 0 Å². The molecular formula is C16H29N3. The average molecular weight is 263 g/mol. The lowest BCUT2D eigenvalue weighted by molar-refractivity contribution is 0.445. The third kappa shape index (κ3) is 4.34. The maximum Gasteiger partial charge on any atom is 0.0625 e. The van der Waals surface area contributed by atoms with Crippen LogP contribution >= 0.6 is 0 Å². The van der Waals surface area contributed by atoms with Crippen LogP contribution in [0.1, 0.15) is 70.5 Å². The van der Waals surface area contributed by atoms with Crippen LogP contribution in [0.15, 0.2) is 12.3 Å². The molecule has 1 unspecified atom stereocenters. The van der Waals surface area contributed by atoms with Crippen molar-refractivity contribution in [3.05, 3.63) is 18.0 Å². The van der Waals surface area contributed by atoms with Crippen molar-refractivity contribution in [1.82, 2.24) is 15.1 Å². The van der Waals surface area contributed by atoms with Crippen LogP contribution in [-0.2, 0) is 6.42 Å². The molecule has 1 aliphatic carbocycles. The zero-order valence-corrected chi connectivity index (χ0v) is 12.6. The SMILES string of the molecule is CCCC(CCc1ccn(C2CCCC2)n1)NCC. The molecule has 0 bridgehead atoms. The Labute approximate surface area is 117 Å². The zero-order chi connectivity index (χ0) is 13.5. The van der Waals surface area contributed by atoms with E-state index in [9.17, 15) is 0 Å². The number of hydrogen-bond donors (Lipinski definition) is 1. The molecule has 108 valence electrons. The summed E-state index contributed by atoms with van der Waals surface area (Å²) in [5.41, 5.74) is 1.27. The van der Waals surface area contributed by atoms with Crippen LogP contribution in [0.3, 0.4) is 0 Å². The molecule has 0 aliphatic heterocycles. The van der Waals surface area contributed by atoms with E-state index < -0.39 is 0 Å². The molecule has 1 fully saturated rings. The number of nitrogens with zero attached hydrogens (tertiary/aromatic N) is 2. The molecule has 1 saturated carbocycles. The highest BCUT2D eigenvalue weighted by Crippen LogP contribution is 2.28. The molecule has 0 spiro atoms. The van der Waals surface area contributed by atoms with Crippen LogP contribution in [0.2, 0.25) is 0 Å². The van der Waals surface area contributed by atoms with E-state index in [1.807, 2.05) is 0 Å². The predicted molar refractivity (Wildman–Crippen MR) is 80.4 cm³/mol. The van der Waals surface area contributed by atoms with E-state index in [1.165, 1.54) is 50.6 Å². The Morgan fingerprint density at radius 1 is 1.32 bits per heavy atom. The molecule has 0 saturated heterocycles. The Hall–Kier alpha value is -0.830. The number of hydrogen-bond acceptors (Lipinski definition) is 2. The summed E-state index contributed by atoms with van der Waals surface area (Å²) in [6.07, 6.45) is 12.4. The van der Waals surface area contributed by atoms with Gasteiger partial charge in [0.1, 0.15) is 0 Å². The second-order valence-corrected chi connectivity index (χ2v) is 5.81. The van der Waals surface area contributed by atoms with Crippen LogP contribution in [0.25, 0.3) is 0 Å². The second kappa shape index (κ2) is 7.68. The molecule has 1 N–H and O–H groups in total. The van der Waals surface area contributed by atoms with E-state index in [0.29, 0.717) is 12.1 Å². The number of rotatable bonds is 8. The smallest absolute Gasteiger partial charge is 0.0625 e. The fraction of sp³-hybridized carbons (Fsp3) is 0.812. The van der Waals surface area contributed by atoms with Crippen molar-refractivity contribution in [2.45, 2.75) is 77.3 Å². The van der Waals surface area contributed by atoms with E-state index >= 15 is 0 Å². The van der Waals surface area contributed by atoms with E-state index in [1.54, 1.807) is 0 Å². The molecule has 19 heavy (non-hydrogen) atoms. The second-order valence-electron chi connectivity index (χ2n) is 5.81. The normalized spacial score (nSPS) is 18.0. The van der Waals surface area contributed by atoms with Crippen LogP contribution in [0.4, 0.5) is 0 Å². The summed E-state index contributed by atoms with van der Waals surface area (Å²) in [5, 5.41) is 8.35. The predicted octanol–water partition coefficient (Wildman–Crippen LogP) is 3.71. The van der Waals surface area contributed by atoms with Crippen LogP contribution in [-0.4, -0.2) is 22.4 Å². The van der Waals surface area contributed by atoms with Crippen molar-refractivity contribution in [1.29, 1.82) is 0 Å². The fourth-order valence-corrected chi connectivity index (χ4v) is 3.19. The lowest BCUT2D eigenvalue weighted by Gasteiger charge is -2.16. The van der Waals surface area contributed by atoms with Crippen molar-refractivity contribution in [3.63, 3.8) is 0 Å². The molecule has 0 radical (unpaired) electrons. The summed E-state index contributed by atoms with van der Waals surface area (Å²) in [5.74, 6) is 0. The van der Waals surface area contributed by atoms with E-state index in [0.717, 1.165) is 13.0 Å². The van der Waals surface area contributed by atoms with Crippen LogP contribution in [0, 0.1) is 0 Å². The van der Waals surface area contributed by atoms with Crippen molar-refractivity contribution >= 4 is 0 Å². The first-order valence-electron chi connectivity index (χ1n) is 8.11. The highest BCUT2D eigenvalue weighted by Gasteiger charge is 2.17. The molecule has 1 aromatic heterocycles. The standard InChI is InChI=1S/C16H29N3/c1-3-7-14(17-4-2)10-11-15-12-13-19(18-15)16-8-5-6-9-16/h12-14,16-17H,3-11H2,1-2H3. The molecule has 1 atom stereocenters. The molecule has 1 aromatic rings. The summed E-state index contributed by atoms with van der Waals surface area (Å²) in [6.45, 7) is 5.53. The zero-order valence-electron chi connectivity index (χ0n) is 12.6. The average Bonchev–Trinajstić information content (AvgIpc) is 3.07. The first-order chi connectivity index (χ1) is 9.33. The summed E-state index contributed by atoms with van der Waals surface area (Å²) in [6, 6.07) is 3.55. The topological polar surface area (TPSA) is 29.9 Å². The van der Waals surface area contributed by atoms with Gasteiger partial charge in [-0.25, -0.2) is 0 Å². The minimum Gasteiger partial charge on any atom is -0.314 e. The Bertz CT molecular complexity index is 347. The van der Waals surface area contributed by atoms with Gasteiger partial charge in [-0.2, -0.15) is 5.10 Å². The monoisotopic (exact) mass is 263 g/mol. The summed E-state index contributed by atoms with van der Waals surface area (Å²) >= 11 is 0. The molecule has 3 heteroatoms. The summed E-state index contributed by atoms with van der Waals surface area (Å²) in [7, 11) is 0. The highest BCUT2D eigenvalue weighted by atomic mass is 15.3. The van der Waals surface area contributed by atoms with Gasteiger partial charge in [-0.05, 0) is 44.7 Å². The molecule has 0 aromatic carbocycles. The largest absolute Gasteiger partial charge is 0.314 e. The van der Waals surface area contributed by atoms with Gasteiger partial charge in [0.05, 0.1) is 11.7 Å². The Balaban J connectivity index is 1.81. The number of nitrogens with one attached hydrogen (secondary N) is 1. The highest BCUT2D eigenvalue weighted by molar-refractivity contribution is 5.01. The molecule has 3 nitrogen and oxygen atoms in total. The molecular weight excluding hydrogens is 234 g/mol. The van der Waals surface area contributed by atoms with Gasteiger partial charge in [-0.3, -0.25) is 4.68 Å². The van der Waals surface area contributed by atoms with E-state index in [-0.39, 0.29) is 0 Å². The quantitative estimate of drug-likeness (QED) is 0.775. The Morgan fingerprint density at radius 3 is 2.79 bits per heavy atom. The lowest BCUT2D eigenvalue weighted by atomic mass is 10.1. The van der Waals surface area contributed by atoms with Gasteiger partial charge in [-0.1, -0.05) is 33.1 Å². The van der Waals surface area contributed by atoms with E-state index in [2.05, 4.69) is 36.1 Å². The third-order valence-electron chi connectivity index (χ3n) is 4.24. The number of aromatic nitrogens is 2. The molecule has 1 heterocycles. The first-order valence-corrected chi connectivity index (χ1v) is 8.11. The Kier molecular flexibility index (Phi) is 5.90. The molecule has 2 rings (SSSR count). The fourth-order valence-electron chi connectivity index (χ4n) is 3.19. The van der Waals surface area contributed by atoms with Crippen molar-refractivity contribution in [3.8, 4) is 0 Å². The van der Waals surface area contributed by atoms with Gasteiger partial charge in [0.15, 0.2) is 0 Å². The molecule has 1 aliphatic rings. The Morgan fingerprint density at radius 2 is 2.11 bits per heavy atom.